The molecule has 2 saturated heterocycles. The highest BCUT2D eigenvalue weighted by atomic mass is 32.2. The summed E-state index contributed by atoms with van der Waals surface area (Å²) in [4.78, 5) is 31.1. The number of thioether (sulfide) groups is 1. The van der Waals surface area contributed by atoms with Crippen LogP contribution in [0, 0.1) is 24.2 Å². The van der Waals surface area contributed by atoms with Crippen molar-refractivity contribution < 1.29 is 4.79 Å². The first kappa shape index (κ1) is 27.2. The van der Waals surface area contributed by atoms with E-state index in [-0.39, 0.29) is 23.1 Å². The number of thiocarbonyl (C=S) groups is 1. The van der Waals surface area contributed by atoms with E-state index in [1.807, 2.05) is 39.8 Å². The molecule has 4 rings (SSSR count). The van der Waals surface area contributed by atoms with Gasteiger partial charge < -0.3 is 4.90 Å². The normalized spacial score (nSPS) is 18.5. The monoisotopic (exact) mass is 534 g/mol. The number of hydrogen-bond acceptors (Lipinski definition) is 6. The maximum absolute atomic E-state index is 13.3. The Balaban J connectivity index is 1.72. The van der Waals surface area contributed by atoms with Crippen molar-refractivity contribution >= 4 is 46.1 Å². The summed E-state index contributed by atoms with van der Waals surface area (Å²) < 4.78 is 2.25. The third-order valence-electron chi connectivity index (χ3n) is 7.57. The highest BCUT2D eigenvalue weighted by molar-refractivity contribution is 8.26. The third kappa shape index (κ3) is 5.39. The number of nitrogens with zero attached hydrogens (tertiary/aromatic N) is 4. The molecule has 37 heavy (non-hydrogen) atoms. The number of amides is 1. The number of benzene rings is 1. The maximum Gasteiger partial charge on any atom is 0.270 e. The van der Waals surface area contributed by atoms with Gasteiger partial charge in [-0.1, -0.05) is 61.2 Å². The first-order valence-electron chi connectivity index (χ1n) is 13.0. The molecule has 0 saturated carbocycles. The summed E-state index contributed by atoms with van der Waals surface area (Å²) in [6.07, 6.45) is 5.74. The molecule has 0 bridgehead atoms. The molecule has 1 amide bonds. The van der Waals surface area contributed by atoms with Crippen molar-refractivity contribution in [1.82, 2.24) is 9.47 Å². The van der Waals surface area contributed by atoms with Gasteiger partial charge in [-0.25, -0.2) is 0 Å². The summed E-state index contributed by atoms with van der Waals surface area (Å²) in [5, 5.41) is 9.82. The van der Waals surface area contributed by atoms with E-state index in [4.69, 9.17) is 12.2 Å². The Morgan fingerprint density at radius 2 is 1.86 bits per heavy atom. The summed E-state index contributed by atoms with van der Waals surface area (Å²) in [6.45, 7) is 9.85. The predicted octanol–water partition coefficient (Wildman–Crippen LogP) is 5.51. The molecule has 0 aliphatic carbocycles. The van der Waals surface area contributed by atoms with Gasteiger partial charge in [0, 0.05) is 31.2 Å². The van der Waals surface area contributed by atoms with Crippen LogP contribution in [0.4, 0.5) is 5.82 Å². The molecule has 6 nitrogen and oxygen atoms in total. The van der Waals surface area contributed by atoms with Crippen LogP contribution in [0.25, 0.3) is 6.08 Å². The van der Waals surface area contributed by atoms with Crippen molar-refractivity contribution in [2.24, 2.45) is 5.92 Å². The Labute approximate surface area is 229 Å². The van der Waals surface area contributed by atoms with E-state index in [1.54, 1.807) is 9.47 Å². The van der Waals surface area contributed by atoms with Crippen molar-refractivity contribution in [3.05, 3.63) is 67.8 Å². The molecule has 0 spiro atoms. The molecule has 2 aliphatic heterocycles. The second kappa shape index (κ2) is 11.7. The van der Waals surface area contributed by atoms with Gasteiger partial charge in [0.15, 0.2) is 0 Å². The molecule has 0 N–H and O–H groups in total. The number of piperidine rings is 1. The second-order valence-electron chi connectivity index (χ2n) is 9.83. The fraction of sp³-hybridized carbons (Fsp3) is 0.448. The van der Waals surface area contributed by atoms with Gasteiger partial charge in [-0.2, -0.15) is 5.26 Å². The predicted molar refractivity (Wildman–Crippen MR) is 156 cm³/mol. The van der Waals surface area contributed by atoms with Crippen LogP contribution in [0.1, 0.15) is 62.3 Å². The minimum Gasteiger partial charge on any atom is -0.357 e. The van der Waals surface area contributed by atoms with E-state index in [0.29, 0.717) is 27.3 Å². The second-order valence-corrected chi connectivity index (χ2v) is 11.5. The molecular formula is C29H34N4O2S2. The van der Waals surface area contributed by atoms with Gasteiger partial charge in [0.2, 0.25) is 0 Å². The van der Waals surface area contributed by atoms with Gasteiger partial charge in [0.1, 0.15) is 21.8 Å². The number of carbonyl (C=O) groups is 1. The molecule has 2 aliphatic rings. The maximum atomic E-state index is 13.3. The van der Waals surface area contributed by atoms with Crippen LogP contribution in [-0.4, -0.2) is 38.8 Å². The molecule has 1 unspecified atom stereocenters. The summed E-state index contributed by atoms with van der Waals surface area (Å²) in [6, 6.07) is 12.7. The first-order valence-corrected chi connectivity index (χ1v) is 14.3. The Morgan fingerprint density at radius 1 is 1.19 bits per heavy atom. The van der Waals surface area contributed by atoms with Gasteiger partial charge in [-0.3, -0.25) is 19.1 Å². The van der Waals surface area contributed by atoms with Crippen molar-refractivity contribution in [3.63, 3.8) is 0 Å². The van der Waals surface area contributed by atoms with Crippen molar-refractivity contribution in [2.45, 2.75) is 66.0 Å². The van der Waals surface area contributed by atoms with Crippen LogP contribution in [0.3, 0.4) is 0 Å². The molecule has 1 atom stereocenters. The quantitative estimate of drug-likeness (QED) is 0.345. The van der Waals surface area contributed by atoms with Crippen LogP contribution in [0.15, 0.2) is 40.0 Å². The summed E-state index contributed by atoms with van der Waals surface area (Å²) >= 11 is 6.84. The Morgan fingerprint density at radius 3 is 2.46 bits per heavy atom. The lowest BCUT2D eigenvalue weighted by Gasteiger charge is -2.36. The van der Waals surface area contributed by atoms with E-state index in [9.17, 15) is 14.9 Å². The Kier molecular flexibility index (Phi) is 8.56. The molecule has 3 heterocycles. The fourth-order valence-corrected chi connectivity index (χ4v) is 6.69. The molecular weight excluding hydrogens is 500 g/mol. The molecule has 2 aromatic rings. The van der Waals surface area contributed by atoms with Crippen molar-refractivity contribution in [3.8, 4) is 6.07 Å². The topological polar surface area (TPSA) is 69.3 Å². The average Bonchev–Trinajstić information content (AvgIpc) is 3.18. The van der Waals surface area contributed by atoms with E-state index in [0.717, 1.165) is 50.2 Å². The lowest BCUT2D eigenvalue weighted by Crippen LogP contribution is -2.39. The highest BCUT2D eigenvalue weighted by Crippen LogP contribution is 2.38. The number of nitriles is 1. The van der Waals surface area contributed by atoms with Crippen LogP contribution in [-0.2, 0) is 17.8 Å². The fourth-order valence-electron chi connectivity index (χ4n) is 5.25. The largest absolute Gasteiger partial charge is 0.357 e. The van der Waals surface area contributed by atoms with Crippen LogP contribution in [0.5, 0.6) is 0 Å². The average molecular weight is 535 g/mol. The third-order valence-corrected chi connectivity index (χ3v) is 8.90. The molecule has 8 heteroatoms. The minimum atomic E-state index is -0.270. The standard InChI is InChI=1S/C29H34N4O2S2/c1-5-19(3)33-28(35)25(37-29(33)36)17-23-20(4)24(18-30)27(34)32(6-2)26(23)31-14-12-22(13-15-31)16-21-10-8-7-9-11-21/h7-11,17,19,22H,5-6,12-16H2,1-4H3. The smallest absolute Gasteiger partial charge is 0.270 e. The molecule has 1 aromatic heterocycles. The van der Waals surface area contributed by atoms with Crippen molar-refractivity contribution in [1.29, 1.82) is 5.26 Å². The highest BCUT2D eigenvalue weighted by Gasteiger charge is 2.36. The van der Waals surface area contributed by atoms with Crippen LogP contribution < -0.4 is 10.5 Å². The number of pyridine rings is 1. The van der Waals surface area contributed by atoms with Gasteiger partial charge in [0.25, 0.3) is 11.5 Å². The van der Waals surface area contributed by atoms with Gasteiger partial charge in [0.05, 0.1) is 4.91 Å². The summed E-state index contributed by atoms with van der Waals surface area (Å²) in [5.74, 6) is 1.27. The zero-order valence-corrected chi connectivity index (χ0v) is 23.6. The molecule has 194 valence electrons. The van der Waals surface area contributed by atoms with E-state index < -0.39 is 0 Å². The number of rotatable bonds is 7. The van der Waals surface area contributed by atoms with E-state index >= 15 is 0 Å². The van der Waals surface area contributed by atoms with E-state index in [1.165, 1.54) is 17.3 Å². The minimum absolute atomic E-state index is 0.0156. The number of carbonyl (C=O) groups excluding carboxylic acids is 1. The number of anilines is 1. The van der Waals surface area contributed by atoms with Gasteiger partial charge >= 0.3 is 0 Å². The van der Waals surface area contributed by atoms with Crippen LogP contribution >= 0.6 is 24.0 Å². The zero-order valence-electron chi connectivity index (χ0n) is 22.0. The Hall–Kier alpha value is -2.89. The summed E-state index contributed by atoms with van der Waals surface area (Å²) in [5.41, 5.74) is 2.60. The van der Waals surface area contributed by atoms with Crippen LogP contribution in [0.2, 0.25) is 0 Å². The van der Waals surface area contributed by atoms with Gasteiger partial charge in [-0.05, 0) is 69.6 Å². The molecule has 2 fully saturated rings. The van der Waals surface area contributed by atoms with E-state index in [2.05, 4.69) is 35.2 Å². The SMILES string of the molecule is CCC(C)N1C(=O)C(=Cc2c(C)c(C#N)c(=O)n(CC)c2N2CCC(Cc3ccccc3)CC2)SC1=S. The molecule has 0 radical (unpaired) electrons. The lowest BCUT2D eigenvalue weighted by atomic mass is 9.90. The zero-order chi connectivity index (χ0) is 26.7. The lowest BCUT2D eigenvalue weighted by molar-refractivity contribution is -0.123. The Bertz CT molecular complexity index is 1320. The van der Waals surface area contributed by atoms with Crippen molar-refractivity contribution in [2.75, 3.05) is 18.0 Å². The number of aromatic nitrogens is 1. The first-order chi connectivity index (χ1) is 17.8. The summed E-state index contributed by atoms with van der Waals surface area (Å²) in [7, 11) is 0. The molecule has 1 aromatic carbocycles. The van der Waals surface area contributed by atoms with Gasteiger partial charge in [-0.15, -0.1) is 0 Å². The number of hydrogen-bond donors (Lipinski definition) is 0.